The first-order valence-corrected chi connectivity index (χ1v) is 9.91. The molecule has 1 aromatic rings. The normalized spacial score (nSPS) is 16.8. The number of rotatable bonds is 6. The van der Waals surface area contributed by atoms with Crippen LogP contribution in [0.1, 0.15) is 31.1 Å². The molecule has 1 aliphatic rings. The van der Waals surface area contributed by atoms with E-state index in [1.165, 1.54) is 17.8 Å². The van der Waals surface area contributed by atoms with E-state index in [9.17, 15) is 8.42 Å². The van der Waals surface area contributed by atoms with Gasteiger partial charge in [-0.25, -0.2) is 8.42 Å². The van der Waals surface area contributed by atoms with E-state index < -0.39 is 10.0 Å². The molecule has 0 aromatic carbocycles. The molecule has 1 aliphatic carbocycles. The fourth-order valence-electron chi connectivity index (χ4n) is 2.14. The van der Waals surface area contributed by atoms with E-state index >= 15 is 0 Å². The topological polar surface area (TPSA) is 37.4 Å². The molecule has 108 valence electrons. The van der Waals surface area contributed by atoms with Crippen LogP contribution in [0.3, 0.4) is 0 Å². The molecule has 0 atom stereocenters. The van der Waals surface area contributed by atoms with Crippen molar-refractivity contribution < 1.29 is 8.42 Å². The van der Waals surface area contributed by atoms with Gasteiger partial charge in [0.2, 0.25) is 10.0 Å². The molecule has 19 heavy (non-hydrogen) atoms. The second kappa shape index (κ2) is 6.43. The maximum atomic E-state index is 12.6. The van der Waals surface area contributed by atoms with Crippen molar-refractivity contribution in [2.75, 3.05) is 13.1 Å². The molecule has 0 saturated heterocycles. The van der Waals surface area contributed by atoms with E-state index in [-0.39, 0.29) is 0 Å². The third-order valence-corrected chi connectivity index (χ3v) is 8.13. The fraction of sp³-hybridized carbons (Fsp3) is 0.667. The van der Waals surface area contributed by atoms with Crippen LogP contribution in [0, 0.1) is 5.92 Å². The van der Waals surface area contributed by atoms with E-state index in [0.29, 0.717) is 33.6 Å². The average molecular weight is 387 g/mol. The lowest BCUT2D eigenvalue weighted by atomic mass is 9.85. The Hall–Kier alpha value is 0.380. The van der Waals surface area contributed by atoms with Gasteiger partial charge in [-0.05, 0) is 40.8 Å². The average Bonchev–Trinajstić information content (AvgIpc) is 2.69. The molecule has 3 nitrogen and oxygen atoms in total. The fourth-order valence-corrected chi connectivity index (χ4v) is 6.39. The highest BCUT2D eigenvalue weighted by Crippen LogP contribution is 2.35. The molecule has 0 spiro atoms. The molecule has 2 rings (SSSR count). The van der Waals surface area contributed by atoms with Crippen molar-refractivity contribution in [3.05, 3.63) is 14.7 Å². The van der Waals surface area contributed by atoms with Gasteiger partial charge in [0.1, 0.15) is 4.90 Å². The van der Waals surface area contributed by atoms with Crippen LogP contribution in [0.2, 0.25) is 0 Å². The van der Waals surface area contributed by atoms with Gasteiger partial charge in [0.05, 0.1) is 9.67 Å². The highest BCUT2D eigenvalue weighted by Gasteiger charge is 2.30. The summed E-state index contributed by atoms with van der Waals surface area (Å²) in [7, 11) is -3.40. The molecule has 0 aliphatic heterocycles. The standard InChI is InChI=1S/C12H17BrClNO2S2/c1-2-15(8-9-4-3-5-9)19(16,17)11-6-10(7-14)18-12(11)13/h6,9H,2-5,7-8H2,1H3. The summed E-state index contributed by atoms with van der Waals surface area (Å²) in [4.78, 5) is 1.22. The Bertz CT molecular complexity index is 540. The van der Waals surface area contributed by atoms with Crippen molar-refractivity contribution in [1.29, 1.82) is 0 Å². The number of thiophene rings is 1. The zero-order valence-corrected chi connectivity index (χ0v) is 14.7. The molecule has 7 heteroatoms. The first-order chi connectivity index (χ1) is 8.98. The summed E-state index contributed by atoms with van der Waals surface area (Å²) in [5.74, 6) is 0.868. The van der Waals surface area contributed by atoms with Crippen LogP contribution in [0.15, 0.2) is 14.7 Å². The number of alkyl halides is 1. The van der Waals surface area contributed by atoms with Crippen LogP contribution in [0.5, 0.6) is 0 Å². The summed E-state index contributed by atoms with van der Waals surface area (Å²) in [5, 5.41) is 0. The van der Waals surface area contributed by atoms with Crippen molar-refractivity contribution in [1.82, 2.24) is 4.31 Å². The minimum atomic E-state index is -3.40. The predicted molar refractivity (Wildman–Crippen MR) is 83.3 cm³/mol. The summed E-state index contributed by atoms with van der Waals surface area (Å²) in [6, 6.07) is 1.68. The van der Waals surface area contributed by atoms with Crippen molar-refractivity contribution in [2.45, 2.75) is 37.0 Å². The van der Waals surface area contributed by atoms with Crippen LogP contribution in [-0.2, 0) is 15.9 Å². The van der Waals surface area contributed by atoms with Crippen LogP contribution in [0.4, 0.5) is 0 Å². The number of halogens is 2. The van der Waals surface area contributed by atoms with Gasteiger partial charge in [0.15, 0.2) is 0 Å². The summed E-state index contributed by atoms with van der Waals surface area (Å²) in [6.45, 7) is 3.04. The zero-order valence-electron chi connectivity index (χ0n) is 10.7. The van der Waals surface area contributed by atoms with Gasteiger partial charge in [-0.15, -0.1) is 22.9 Å². The third-order valence-electron chi connectivity index (χ3n) is 3.50. The smallest absolute Gasteiger partial charge is 0.207 e. The number of hydrogen-bond donors (Lipinski definition) is 0. The number of sulfonamides is 1. The van der Waals surface area contributed by atoms with Gasteiger partial charge < -0.3 is 0 Å². The molecule has 1 saturated carbocycles. The van der Waals surface area contributed by atoms with Gasteiger partial charge >= 0.3 is 0 Å². The summed E-state index contributed by atoms with van der Waals surface area (Å²) < 4.78 is 27.5. The molecule has 0 amide bonds. The summed E-state index contributed by atoms with van der Waals surface area (Å²) in [5.41, 5.74) is 0. The van der Waals surface area contributed by atoms with E-state index in [2.05, 4.69) is 15.9 Å². The van der Waals surface area contributed by atoms with Gasteiger partial charge in [-0.3, -0.25) is 0 Å². The molecule has 1 aromatic heterocycles. The van der Waals surface area contributed by atoms with Crippen LogP contribution in [0.25, 0.3) is 0 Å². The zero-order chi connectivity index (χ0) is 14.0. The monoisotopic (exact) mass is 385 g/mol. The Morgan fingerprint density at radius 3 is 2.63 bits per heavy atom. The minimum Gasteiger partial charge on any atom is -0.207 e. The van der Waals surface area contributed by atoms with Crippen LogP contribution >= 0.6 is 38.9 Å². The second-order valence-electron chi connectivity index (χ2n) is 4.74. The molecule has 1 heterocycles. The number of hydrogen-bond acceptors (Lipinski definition) is 3. The van der Waals surface area contributed by atoms with Crippen molar-refractivity contribution in [3.63, 3.8) is 0 Å². The van der Waals surface area contributed by atoms with Crippen molar-refractivity contribution in [3.8, 4) is 0 Å². The first kappa shape index (κ1) is 15.8. The lowest BCUT2D eigenvalue weighted by Gasteiger charge is -2.31. The molecule has 0 bridgehead atoms. The van der Waals surface area contributed by atoms with Gasteiger partial charge in [-0.2, -0.15) is 4.31 Å². The molecule has 0 N–H and O–H groups in total. The minimum absolute atomic E-state index is 0.341. The van der Waals surface area contributed by atoms with E-state index in [4.69, 9.17) is 11.6 Å². The molecular formula is C12H17BrClNO2S2. The highest BCUT2D eigenvalue weighted by molar-refractivity contribution is 9.11. The van der Waals surface area contributed by atoms with Crippen molar-refractivity contribution >= 4 is 48.9 Å². The lowest BCUT2D eigenvalue weighted by Crippen LogP contribution is -2.37. The van der Waals surface area contributed by atoms with E-state index in [1.807, 2.05) is 6.92 Å². The van der Waals surface area contributed by atoms with E-state index in [0.717, 1.165) is 17.7 Å². The van der Waals surface area contributed by atoms with Crippen LogP contribution < -0.4 is 0 Å². The number of nitrogens with zero attached hydrogens (tertiary/aromatic N) is 1. The Labute approximate surface area is 132 Å². The highest BCUT2D eigenvalue weighted by atomic mass is 79.9. The molecule has 1 fully saturated rings. The largest absolute Gasteiger partial charge is 0.245 e. The lowest BCUT2D eigenvalue weighted by molar-refractivity contribution is 0.250. The quantitative estimate of drug-likeness (QED) is 0.691. The van der Waals surface area contributed by atoms with Crippen molar-refractivity contribution in [2.24, 2.45) is 5.92 Å². The Morgan fingerprint density at radius 2 is 2.21 bits per heavy atom. The van der Waals surface area contributed by atoms with Gasteiger partial charge in [0, 0.05) is 18.0 Å². The third kappa shape index (κ3) is 3.35. The SMILES string of the molecule is CCN(CC1CCC1)S(=O)(=O)c1cc(CCl)sc1Br. The Morgan fingerprint density at radius 1 is 1.53 bits per heavy atom. The van der Waals surface area contributed by atoms with Gasteiger partial charge in [-0.1, -0.05) is 13.3 Å². The summed E-state index contributed by atoms with van der Waals surface area (Å²) in [6.07, 6.45) is 3.51. The summed E-state index contributed by atoms with van der Waals surface area (Å²) >= 11 is 10.5. The predicted octanol–water partition coefficient (Wildman–Crippen LogP) is 4.06. The van der Waals surface area contributed by atoms with Gasteiger partial charge in [0.25, 0.3) is 0 Å². The maximum absolute atomic E-state index is 12.6. The Balaban J connectivity index is 2.24. The van der Waals surface area contributed by atoms with Crippen LogP contribution in [-0.4, -0.2) is 25.8 Å². The Kier molecular flexibility index (Phi) is 5.34. The maximum Gasteiger partial charge on any atom is 0.245 e. The first-order valence-electron chi connectivity index (χ1n) is 6.33. The second-order valence-corrected chi connectivity index (χ2v) is 9.37. The molecule has 0 unspecified atom stereocenters. The van der Waals surface area contributed by atoms with E-state index in [1.54, 1.807) is 10.4 Å². The molecular weight excluding hydrogens is 370 g/mol. The molecule has 0 radical (unpaired) electrons.